The quantitative estimate of drug-likeness (QED) is 0.733. The van der Waals surface area contributed by atoms with Crippen LogP contribution in [0.25, 0.3) is 0 Å². The maximum atomic E-state index is 12.9. The second-order valence-corrected chi connectivity index (χ2v) is 8.50. The van der Waals surface area contributed by atoms with E-state index in [1.54, 1.807) is 18.6 Å². The summed E-state index contributed by atoms with van der Waals surface area (Å²) in [6, 6.07) is 5.46. The standard InChI is InChI=1S/C21H25N5O3S/c27-19(23-7-6-16-11-22-14-24-16)12-26-17-10-15(4-5-18(17)30-13-20(26)28)21(29)25-8-2-1-3-9-25/h4-5,10-11,14H,1-3,6-9,12-13H2,(H,22,24)(H,23,27). The fraction of sp³-hybridized carbons (Fsp3) is 0.429. The lowest BCUT2D eigenvalue weighted by Gasteiger charge is -2.30. The van der Waals surface area contributed by atoms with Gasteiger partial charge in [0.05, 0.1) is 17.8 Å². The van der Waals surface area contributed by atoms with Crippen molar-refractivity contribution in [3.8, 4) is 0 Å². The van der Waals surface area contributed by atoms with Crippen LogP contribution in [-0.4, -0.2) is 64.5 Å². The number of thioether (sulfide) groups is 1. The van der Waals surface area contributed by atoms with Gasteiger partial charge in [-0.3, -0.25) is 14.4 Å². The Morgan fingerprint density at radius 3 is 2.80 bits per heavy atom. The second-order valence-electron chi connectivity index (χ2n) is 7.48. The molecular formula is C21H25N5O3S. The maximum Gasteiger partial charge on any atom is 0.253 e. The smallest absolute Gasteiger partial charge is 0.253 e. The third kappa shape index (κ3) is 4.67. The Bertz CT molecular complexity index is 925. The number of aromatic amines is 1. The van der Waals surface area contributed by atoms with Crippen LogP contribution < -0.4 is 10.2 Å². The Labute approximate surface area is 179 Å². The number of aromatic nitrogens is 2. The van der Waals surface area contributed by atoms with Gasteiger partial charge in [0.1, 0.15) is 6.54 Å². The summed E-state index contributed by atoms with van der Waals surface area (Å²) in [6.07, 6.45) is 7.16. The van der Waals surface area contributed by atoms with E-state index in [9.17, 15) is 14.4 Å². The number of fused-ring (bicyclic) bond motifs is 1. The van der Waals surface area contributed by atoms with Crippen LogP contribution in [0.5, 0.6) is 0 Å². The van der Waals surface area contributed by atoms with E-state index in [1.807, 2.05) is 17.0 Å². The van der Waals surface area contributed by atoms with Gasteiger partial charge in [0.25, 0.3) is 5.91 Å². The largest absolute Gasteiger partial charge is 0.354 e. The van der Waals surface area contributed by atoms with E-state index in [0.29, 0.717) is 24.2 Å². The maximum absolute atomic E-state index is 12.9. The fourth-order valence-electron chi connectivity index (χ4n) is 3.75. The van der Waals surface area contributed by atoms with E-state index in [0.717, 1.165) is 42.9 Å². The number of H-pyrrole nitrogens is 1. The topological polar surface area (TPSA) is 98.4 Å². The normalized spacial score (nSPS) is 16.3. The number of imidazole rings is 1. The van der Waals surface area contributed by atoms with E-state index in [-0.39, 0.29) is 30.0 Å². The molecule has 3 amide bonds. The highest BCUT2D eigenvalue weighted by molar-refractivity contribution is 8.00. The van der Waals surface area contributed by atoms with Gasteiger partial charge in [-0.05, 0) is 37.5 Å². The van der Waals surface area contributed by atoms with Crippen LogP contribution in [0.15, 0.2) is 35.6 Å². The zero-order valence-electron chi connectivity index (χ0n) is 16.7. The van der Waals surface area contributed by atoms with Gasteiger partial charge >= 0.3 is 0 Å². The zero-order chi connectivity index (χ0) is 20.9. The van der Waals surface area contributed by atoms with E-state index in [2.05, 4.69) is 15.3 Å². The number of rotatable bonds is 6. The summed E-state index contributed by atoms with van der Waals surface area (Å²) in [4.78, 5) is 49.1. The van der Waals surface area contributed by atoms with Crippen molar-refractivity contribution in [2.24, 2.45) is 0 Å². The summed E-state index contributed by atoms with van der Waals surface area (Å²) in [7, 11) is 0. The molecule has 3 heterocycles. The lowest BCUT2D eigenvalue weighted by atomic mass is 10.1. The number of nitrogens with zero attached hydrogens (tertiary/aromatic N) is 3. The van der Waals surface area contributed by atoms with Crippen LogP contribution in [0.3, 0.4) is 0 Å². The molecule has 2 N–H and O–H groups in total. The SMILES string of the molecule is O=C(CN1C(=O)CSc2ccc(C(=O)N3CCCCC3)cc21)NCCc1cnc[nH]1. The predicted octanol–water partition coefficient (Wildman–Crippen LogP) is 1.83. The molecule has 158 valence electrons. The third-order valence-corrected chi connectivity index (χ3v) is 6.41. The number of hydrogen-bond donors (Lipinski definition) is 2. The molecule has 1 saturated heterocycles. The molecule has 0 saturated carbocycles. The second kappa shape index (κ2) is 9.34. The molecule has 0 radical (unpaired) electrons. The van der Waals surface area contributed by atoms with Crippen molar-refractivity contribution in [2.75, 3.05) is 36.8 Å². The molecule has 9 heteroatoms. The number of piperidine rings is 1. The van der Waals surface area contributed by atoms with E-state index >= 15 is 0 Å². The van der Waals surface area contributed by atoms with Gasteiger partial charge in [-0.25, -0.2) is 4.98 Å². The van der Waals surface area contributed by atoms with Gasteiger partial charge in [-0.15, -0.1) is 11.8 Å². The van der Waals surface area contributed by atoms with Crippen molar-refractivity contribution < 1.29 is 14.4 Å². The minimum Gasteiger partial charge on any atom is -0.354 e. The first-order valence-electron chi connectivity index (χ1n) is 10.2. The first-order chi connectivity index (χ1) is 14.6. The van der Waals surface area contributed by atoms with Gasteiger partial charge in [-0.2, -0.15) is 0 Å². The number of hydrogen-bond acceptors (Lipinski definition) is 5. The number of carbonyl (C=O) groups excluding carboxylic acids is 3. The predicted molar refractivity (Wildman–Crippen MR) is 115 cm³/mol. The first-order valence-corrected chi connectivity index (χ1v) is 11.2. The molecule has 30 heavy (non-hydrogen) atoms. The van der Waals surface area contributed by atoms with Crippen LogP contribution in [0.1, 0.15) is 35.3 Å². The summed E-state index contributed by atoms with van der Waals surface area (Å²) in [5, 5.41) is 2.85. The summed E-state index contributed by atoms with van der Waals surface area (Å²) in [6.45, 7) is 1.94. The lowest BCUT2D eigenvalue weighted by Crippen LogP contribution is -2.44. The molecule has 0 aliphatic carbocycles. The molecule has 4 rings (SSSR count). The molecule has 2 aromatic rings. The van der Waals surface area contributed by atoms with Crippen LogP contribution in [0.2, 0.25) is 0 Å². The molecule has 2 aliphatic heterocycles. The highest BCUT2D eigenvalue weighted by Gasteiger charge is 2.28. The van der Waals surface area contributed by atoms with E-state index in [1.165, 1.54) is 16.7 Å². The average Bonchev–Trinajstić information content (AvgIpc) is 3.29. The molecular weight excluding hydrogens is 402 g/mol. The van der Waals surface area contributed by atoms with Gasteiger partial charge < -0.3 is 20.1 Å². The number of benzene rings is 1. The summed E-state index contributed by atoms with van der Waals surface area (Å²) in [5.74, 6) is -0.0786. The number of carbonyl (C=O) groups is 3. The highest BCUT2D eigenvalue weighted by Crippen LogP contribution is 2.36. The van der Waals surface area contributed by atoms with Crippen LogP contribution in [0, 0.1) is 0 Å². The summed E-state index contributed by atoms with van der Waals surface area (Å²) < 4.78 is 0. The molecule has 0 unspecified atom stereocenters. The van der Waals surface area contributed by atoms with Crippen LogP contribution in [0.4, 0.5) is 5.69 Å². The molecule has 8 nitrogen and oxygen atoms in total. The monoisotopic (exact) mass is 427 g/mol. The van der Waals surface area contributed by atoms with Crippen molar-refractivity contribution in [1.29, 1.82) is 0 Å². The number of nitrogens with one attached hydrogen (secondary N) is 2. The first kappa shape index (κ1) is 20.5. The van der Waals surface area contributed by atoms with E-state index < -0.39 is 0 Å². The highest BCUT2D eigenvalue weighted by atomic mass is 32.2. The molecule has 2 aliphatic rings. The van der Waals surface area contributed by atoms with Gasteiger partial charge in [-0.1, -0.05) is 0 Å². The fourth-order valence-corrected chi connectivity index (χ4v) is 4.66. The summed E-state index contributed by atoms with van der Waals surface area (Å²) in [5.41, 5.74) is 2.14. The Kier molecular flexibility index (Phi) is 6.37. The zero-order valence-corrected chi connectivity index (χ0v) is 17.5. The van der Waals surface area contributed by atoms with Gasteiger partial charge in [0, 0.05) is 48.4 Å². The van der Waals surface area contributed by atoms with Crippen molar-refractivity contribution in [1.82, 2.24) is 20.2 Å². The molecule has 0 bridgehead atoms. The Morgan fingerprint density at radius 1 is 1.20 bits per heavy atom. The Morgan fingerprint density at radius 2 is 2.03 bits per heavy atom. The third-order valence-electron chi connectivity index (χ3n) is 5.37. The van der Waals surface area contributed by atoms with Crippen LogP contribution >= 0.6 is 11.8 Å². The van der Waals surface area contributed by atoms with Crippen molar-refractivity contribution in [3.05, 3.63) is 42.0 Å². The van der Waals surface area contributed by atoms with Crippen molar-refractivity contribution in [3.63, 3.8) is 0 Å². The van der Waals surface area contributed by atoms with E-state index in [4.69, 9.17) is 0 Å². The number of anilines is 1. The number of likely N-dealkylation sites (tertiary alicyclic amines) is 1. The van der Waals surface area contributed by atoms with Gasteiger partial charge in [0.15, 0.2) is 0 Å². The molecule has 1 aromatic carbocycles. The molecule has 1 fully saturated rings. The van der Waals surface area contributed by atoms with Crippen LogP contribution in [-0.2, 0) is 16.0 Å². The minimum atomic E-state index is -0.228. The minimum absolute atomic E-state index is 0.00974. The van der Waals surface area contributed by atoms with Gasteiger partial charge in [0.2, 0.25) is 11.8 Å². The van der Waals surface area contributed by atoms with Crippen molar-refractivity contribution >= 4 is 35.2 Å². The molecule has 0 atom stereocenters. The number of amides is 3. The molecule has 0 spiro atoms. The van der Waals surface area contributed by atoms with Crippen molar-refractivity contribution in [2.45, 2.75) is 30.6 Å². The molecule has 1 aromatic heterocycles. The Balaban J connectivity index is 1.44. The average molecular weight is 428 g/mol. The Hall–Kier alpha value is -2.81. The lowest BCUT2D eigenvalue weighted by molar-refractivity contribution is -0.122. The summed E-state index contributed by atoms with van der Waals surface area (Å²) >= 11 is 1.44.